The lowest BCUT2D eigenvalue weighted by molar-refractivity contribution is 0.340. The van der Waals surface area contributed by atoms with Crippen LogP contribution in [0.5, 0.6) is 11.5 Å². The van der Waals surface area contributed by atoms with Gasteiger partial charge < -0.3 is 9.47 Å². The highest BCUT2D eigenvalue weighted by molar-refractivity contribution is 7.92. The van der Waals surface area contributed by atoms with Gasteiger partial charge >= 0.3 is 0 Å². The average molecular weight is 309 g/mol. The number of nitrogens with one attached hydrogen (secondary N) is 1. The van der Waals surface area contributed by atoms with E-state index >= 15 is 0 Å². The van der Waals surface area contributed by atoms with Gasteiger partial charge in [0.2, 0.25) is 16.0 Å². The molecule has 1 heterocycles. The second-order valence-electron chi connectivity index (χ2n) is 4.02. The van der Waals surface area contributed by atoms with Crippen LogP contribution in [0.1, 0.15) is 0 Å². The zero-order valence-electron chi connectivity index (χ0n) is 11.4. The highest BCUT2D eigenvalue weighted by atomic mass is 32.2. The Morgan fingerprint density at radius 1 is 1.10 bits per heavy atom. The molecule has 0 unspecified atom stereocenters. The molecule has 0 atom stereocenters. The van der Waals surface area contributed by atoms with Crippen molar-refractivity contribution in [3.05, 3.63) is 42.7 Å². The van der Waals surface area contributed by atoms with Gasteiger partial charge in [0.1, 0.15) is 23.9 Å². The molecule has 1 aromatic heterocycles. The fourth-order valence-corrected chi connectivity index (χ4v) is 2.27. The minimum atomic E-state index is -3.54. The van der Waals surface area contributed by atoms with Crippen molar-refractivity contribution in [2.45, 2.75) is 0 Å². The first kappa shape index (κ1) is 15.0. The van der Waals surface area contributed by atoms with E-state index in [2.05, 4.69) is 14.7 Å². The summed E-state index contributed by atoms with van der Waals surface area (Å²) in [7, 11) is -1.97. The fraction of sp³-hybridized carbons (Fsp3) is 0.231. The average Bonchev–Trinajstić information content (AvgIpc) is 2.48. The van der Waals surface area contributed by atoms with Gasteiger partial charge in [-0.05, 0) is 30.3 Å². The number of rotatable bonds is 7. The van der Waals surface area contributed by atoms with E-state index in [9.17, 15) is 8.42 Å². The maximum atomic E-state index is 11.8. The Balaban J connectivity index is 1.84. The van der Waals surface area contributed by atoms with Crippen molar-refractivity contribution < 1.29 is 17.9 Å². The zero-order chi connectivity index (χ0) is 15.1. The van der Waals surface area contributed by atoms with E-state index in [0.29, 0.717) is 11.5 Å². The molecule has 112 valence electrons. The van der Waals surface area contributed by atoms with Crippen molar-refractivity contribution >= 4 is 16.0 Å². The molecule has 0 spiro atoms. The van der Waals surface area contributed by atoms with Crippen LogP contribution in [-0.4, -0.2) is 37.9 Å². The minimum Gasteiger partial charge on any atom is -0.497 e. The standard InChI is InChI=1S/C13H15N3O4S/c1-19-11-3-5-12(6-4-11)20-9-10-21(17,18)16-13-14-7-2-8-15-13/h2-8H,9-10H2,1H3,(H,14,15,16). The van der Waals surface area contributed by atoms with Crippen molar-refractivity contribution in [1.29, 1.82) is 0 Å². The molecule has 2 aromatic rings. The van der Waals surface area contributed by atoms with E-state index in [1.54, 1.807) is 37.4 Å². The van der Waals surface area contributed by atoms with Gasteiger partial charge in [-0.2, -0.15) is 0 Å². The normalized spacial score (nSPS) is 10.9. The smallest absolute Gasteiger partial charge is 0.238 e. The van der Waals surface area contributed by atoms with Crippen LogP contribution in [-0.2, 0) is 10.0 Å². The molecule has 7 nitrogen and oxygen atoms in total. The van der Waals surface area contributed by atoms with E-state index in [1.807, 2.05) is 0 Å². The van der Waals surface area contributed by atoms with E-state index in [0.717, 1.165) is 0 Å². The molecule has 0 aliphatic rings. The number of ether oxygens (including phenoxy) is 2. The van der Waals surface area contributed by atoms with Gasteiger partial charge in [0.15, 0.2) is 0 Å². The highest BCUT2D eigenvalue weighted by Crippen LogP contribution is 2.16. The third kappa shape index (κ3) is 4.92. The number of hydrogen-bond donors (Lipinski definition) is 1. The largest absolute Gasteiger partial charge is 0.497 e. The Morgan fingerprint density at radius 2 is 1.71 bits per heavy atom. The molecular formula is C13H15N3O4S. The maximum Gasteiger partial charge on any atom is 0.238 e. The highest BCUT2D eigenvalue weighted by Gasteiger charge is 2.12. The van der Waals surface area contributed by atoms with Gasteiger partial charge in [-0.25, -0.2) is 18.4 Å². The number of aromatic nitrogens is 2. The fourth-order valence-electron chi connectivity index (χ4n) is 1.48. The van der Waals surface area contributed by atoms with Crippen molar-refractivity contribution in [3.8, 4) is 11.5 Å². The molecule has 0 saturated heterocycles. The van der Waals surface area contributed by atoms with Crippen molar-refractivity contribution in [2.24, 2.45) is 0 Å². The third-order valence-electron chi connectivity index (χ3n) is 2.49. The summed E-state index contributed by atoms with van der Waals surface area (Å²) >= 11 is 0. The SMILES string of the molecule is COc1ccc(OCCS(=O)(=O)Nc2ncccn2)cc1. The first-order valence-electron chi connectivity index (χ1n) is 6.13. The van der Waals surface area contributed by atoms with Crippen LogP contribution in [0.2, 0.25) is 0 Å². The molecule has 1 N–H and O–H groups in total. The number of anilines is 1. The third-order valence-corrected chi connectivity index (χ3v) is 3.69. The molecule has 0 aliphatic heterocycles. The zero-order valence-corrected chi connectivity index (χ0v) is 12.2. The van der Waals surface area contributed by atoms with Crippen LogP contribution in [0, 0.1) is 0 Å². The second-order valence-corrected chi connectivity index (χ2v) is 5.86. The maximum absolute atomic E-state index is 11.8. The summed E-state index contributed by atoms with van der Waals surface area (Å²) < 4.78 is 36.3. The predicted molar refractivity (Wildman–Crippen MR) is 77.9 cm³/mol. The van der Waals surface area contributed by atoms with Gasteiger partial charge in [-0.15, -0.1) is 0 Å². The summed E-state index contributed by atoms with van der Waals surface area (Å²) in [4.78, 5) is 7.59. The Labute approximate surface area is 123 Å². The monoisotopic (exact) mass is 309 g/mol. The number of hydrogen-bond acceptors (Lipinski definition) is 6. The predicted octanol–water partition coefficient (Wildman–Crippen LogP) is 1.31. The van der Waals surface area contributed by atoms with Crippen molar-refractivity contribution in [1.82, 2.24) is 9.97 Å². The van der Waals surface area contributed by atoms with Crippen molar-refractivity contribution in [2.75, 3.05) is 24.2 Å². The molecule has 21 heavy (non-hydrogen) atoms. The molecule has 0 saturated carbocycles. The van der Waals surface area contributed by atoms with Gasteiger partial charge in [0.05, 0.1) is 7.11 Å². The summed E-state index contributed by atoms with van der Waals surface area (Å²) in [5.74, 6) is 1.12. The van der Waals surface area contributed by atoms with E-state index in [4.69, 9.17) is 9.47 Å². The molecule has 0 amide bonds. The quantitative estimate of drug-likeness (QED) is 0.829. The number of benzene rings is 1. The second kappa shape index (κ2) is 6.89. The van der Waals surface area contributed by atoms with Crippen LogP contribution < -0.4 is 14.2 Å². The molecule has 0 aliphatic carbocycles. The number of nitrogens with zero attached hydrogens (tertiary/aromatic N) is 2. The summed E-state index contributed by atoms with van der Waals surface area (Å²) in [5.41, 5.74) is 0. The van der Waals surface area contributed by atoms with Crippen LogP contribution >= 0.6 is 0 Å². The van der Waals surface area contributed by atoms with Crippen LogP contribution in [0.25, 0.3) is 0 Å². The minimum absolute atomic E-state index is 0.0223. The molecule has 0 radical (unpaired) electrons. The van der Waals surface area contributed by atoms with Gasteiger partial charge in [0.25, 0.3) is 0 Å². The Kier molecular flexibility index (Phi) is 4.94. The summed E-state index contributed by atoms with van der Waals surface area (Å²) in [6.45, 7) is 0.0223. The molecular weight excluding hydrogens is 294 g/mol. The molecule has 0 bridgehead atoms. The first-order valence-corrected chi connectivity index (χ1v) is 7.79. The molecule has 1 aromatic carbocycles. The lowest BCUT2D eigenvalue weighted by Crippen LogP contribution is -2.22. The lowest BCUT2D eigenvalue weighted by atomic mass is 10.3. The first-order chi connectivity index (χ1) is 10.1. The Bertz CT molecular complexity index is 660. The van der Waals surface area contributed by atoms with Gasteiger partial charge in [0, 0.05) is 12.4 Å². The van der Waals surface area contributed by atoms with E-state index < -0.39 is 10.0 Å². The number of methoxy groups -OCH3 is 1. The van der Waals surface area contributed by atoms with Crippen molar-refractivity contribution in [3.63, 3.8) is 0 Å². The van der Waals surface area contributed by atoms with Gasteiger partial charge in [-0.1, -0.05) is 0 Å². The van der Waals surface area contributed by atoms with Gasteiger partial charge in [-0.3, -0.25) is 4.72 Å². The topological polar surface area (TPSA) is 90.4 Å². The lowest BCUT2D eigenvalue weighted by Gasteiger charge is -2.08. The molecule has 0 fully saturated rings. The Morgan fingerprint density at radius 3 is 2.33 bits per heavy atom. The van der Waals surface area contributed by atoms with Crippen LogP contribution in [0.15, 0.2) is 42.7 Å². The Hall–Kier alpha value is -2.35. The van der Waals surface area contributed by atoms with E-state index in [-0.39, 0.29) is 18.3 Å². The van der Waals surface area contributed by atoms with E-state index in [1.165, 1.54) is 12.4 Å². The molecule has 8 heteroatoms. The summed E-state index contributed by atoms with van der Waals surface area (Å²) in [6.07, 6.45) is 2.91. The van der Waals surface area contributed by atoms with Crippen LogP contribution in [0.3, 0.4) is 0 Å². The summed E-state index contributed by atoms with van der Waals surface area (Å²) in [5, 5.41) is 0. The molecule has 2 rings (SSSR count). The van der Waals surface area contributed by atoms with Crippen LogP contribution in [0.4, 0.5) is 5.95 Å². The summed E-state index contributed by atoms with van der Waals surface area (Å²) in [6, 6.07) is 8.49. The number of sulfonamides is 1.